The molecule has 1 rings (SSSR count). The van der Waals surface area contributed by atoms with Gasteiger partial charge in [0.2, 0.25) is 0 Å². The fourth-order valence-electron chi connectivity index (χ4n) is 2.41. The summed E-state index contributed by atoms with van der Waals surface area (Å²) in [6, 6.07) is 3.92. The zero-order chi connectivity index (χ0) is 16.0. The molecule has 0 saturated heterocycles. The molecule has 118 valence electrons. The summed E-state index contributed by atoms with van der Waals surface area (Å²) in [5.74, 6) is 0.624. The van der Waals surface area contributed by atoms with Gasteiger partial charge in [-0.1, -0.05) is 25.5 Å². The van der Waals surface area contributed by atoms with E-state index < -0.39 is 6.10 Å². The summed E-state index contributed by atoms with van der Waals surface area (Å²) in [5.41, 5.74) is 2.71. The number of carbonyl (C=O) groups is 1. The molecule has 2 unspecified atom stereocenters. The molecule has 0 aliphatic rings. The van der Waals surface area contributed by atoms with Gasteiger partial charge in [-0.05, 0) is 50.8 Å². The van der Waals surface area contributed by atoms with Gasteiger partial charge in [-0.2, -0.15) is 0 Å². The molecule has 0 fully saturated rings. The van der Waals surface area contributed by atoms with Gasteiger partial charge in [-0.3, -0.25) is 4.79 Å². The summed E-state index contributed by atoms with van der Waals surface area (Å²) in [7, 11) is 0. The van der Waals surface area contributed by atoms with Crippen molar-refractivity contribution in [3.05, 3.63) is 28.8 Å². The second kappa shape index (κ2) is 8.03. The molecule has 0 aliphatic heterocycles. The highest BCUT2D eigenvalue weighted by Crippen LogP contribution is 2.26. The minimum absolute atomic E-state index is 0.00648. The molecule has 0 saturated carbocycles. The Hall–Kier alpha value is -1.55. The van der Waals surface area contributed by atoms with Gasteiger partial charge in [-0.15, -0.1) is 0 Å². The van der Waals surface area contributed by atoms with E-state index in [2.05, 4.69) is 12.2 Å². The molecule has 21 heavy (non-hydrogen) atoms. The minimum Gasteiger partial charge on any atom is -0.480 e. The van der Waals surface area contributed by atoms with Crippen LogP contribution in [0.15, 0.2) is 12.1 Å². The van der Waals surface area contributed by atoms with E-state index in [1.54, 1.807) is 6.92 Å². The maximum absolute atomic E-state index is 12.1. The molecule has 0 spiro atoms. The maximum Gasteiger partial charge on any atom is 0.260 e. The number of aryl methyl sites for hydroxylation is 2. The van der Waals surface area contributed by atoms with Gasteiger partial charge in [0.05, 0.1) is 6.61 Å². The van der Waals surface area contributed by atoms with Crippen LogP contribution in [0.5, 0.6) is 5.75 Å². The molecule has 1 aromatic carbocycles. The Morgan fingerprint density at radius 2 is 1.86 bits per heavy atom. The van der Waals surface area contributed by atoms with Crippen molar-refractivity contribution in [2.75, 3.05) is 0 Å². The van der Waals surface area contributed by atoms with Crippen molar-refractivity contribution in [2.24, 2.45) is 0 Å². The van der Waals surface area contributed by atoms with E-state index in [0.29, 0.717) is 0 Å². The molecule has 2 atom stereocenters. The fraction of sp³-hybridized carbons (Fsp3) is 0.588. The molecule has 2 N–H and O–H groups in total. The number of ether oxygens (including phenoxy) is 1. The summed E-state index contributed by atoms with van der Waals surface area (Å²) in [4.78, 5) is 12.1. The van der Waals surface area contributed by atoms with Crippen LogP contribution in [-0.2, 0) is 11.4 Å². The molecular formula is C17H27NO3. The summed E-state index contributed by atoms with van der Waals surface area (Å²) in [6.07, 6.45) is 1.46. The third-order valence-corrected chi connectivity index (χ3v) is 3.48. The largest absolute Gasteiger partial charge is 0.480 e. The van der Waals surface area contributed by atoms with Crippen LogP contribution in [-0.4, -0.2) is 23.2 Å². The van der Waals surface area contributed by atoms with Crippen molar-refractivity contribution >= 4 is 5.91 Å². The zero-order valence-corrected chi connectivity index (χ0v) is 13.7. The molecule has 0 aliphatic carbocycles. The van der Waals surface area contributed by atoms with Gasteiger partial charge in [0.25, 0.3) is 5.91 Å². The van der Waals surface area contributed by atoms with Crippen molar-refractivity contribution < 1.29 is 14.6 Å². The number of hydrogen-bond donors (Lipinski definition) is 2. The van der Waals surface area contributed by atoms with Crippen LogP contribution in [0, 0.1) is 13.8 Å². The Bertz CT molecular complexity index is 462. The molecule has 1 amide bonds. The van der Waals surface area contributed by atoms with E-state index in [9.17, 15) is 9.90 Å². The highest BCUT2D eigenvalue weighted by Gasteiger charge is 2.18. The standard InChI is InChI=1S/C17H27NO3/c1-6-7-13(4)18-17(20)14(5)21-16-11(2)8-15(10-19)9-12(16)3/h8-9,13-14,19H,6-7,10H2,1-5H3,(H,18,20). The first-order valence-corrected chi connectivity index (χ1v) is 7.57. The Balaban J connectivity index is 2.74. The van der Waals surface area contributed by atoms with Gasteiger partial charge in [0.15, 0.2) is 6.10 Å². The highest BCUT2D eigenvalue weighted by molar-refractivity contribution is 5.81. The van der Waals surface area contributed by atoms with Crippen LogP contribution in [0.2, 0.25) is 0 Å². The van der Waals surface area contributed by atoms with E-state index in [1.807, 2.05) is 32.9 Å². The summed E-state index contributed by atoms with van der Waals surface area (Å²) in [5, 5.41) is 12.2. The lowest BCUT2D eigenvalue weighted by Crippen LogP contribution is -2.41. The van der Waals surface area contributed by atoms with E-state index in [1.165, 1.54) is 0 Å². The Morgan fingerprint density at radius 3 is 2.33 bits per heavy atom. The van der Waals surface area contributed by atoms with Crippen molar-refractivity contribution in [3.63, 3.8) is 0 Å². The van der Waals surface area contributed by atoms with Crippen LogP contribution >= 0.6 is 0 Å². The minimum atomic E-state index is -0.540. The summed E-state index contributed by atoms with van der Waals surface area (Å²) < 4.78 is 5.82. The summed E-state index contributed by atoms with van der Waals surface area (Å²) in [6.45, 7) is 9.70. The predicted octanol–water partition coefficient (Wildman–Crippen LogP) is 2.87. The molecule has 0 bridgehead atoms. The first-order valence-electron chi connectivity index (χ1n) is 7.57. The van der Waals surface area contributed by atoms with Crippen LogP contribution in [0.3, 0.4) is 0 Å². The van der Waals surface area contributed by atoms with Gasteiger partial charge < -0.3 is 15.2 Å². The molecule has 0 aromatic heterocycles. The van der Waals surface area contributed by atoms with E-state index in [4.69, 9.17) is 4.74 Å². The second-order valence-electron chi connectivity index (χ2n) is 5.68. The van der Waals surface area contributed by atoms with E-state index >= 15 is 0 Å². The number of nitrogens with one attached hydrogen (secondary N) is 1. The predicted molar refractivity (Wildman–Crippen MR) is 84.4 cm³/mol. The zero-order valence-electron chi connectivity index (χ0n) is 13.7. The van der Waals surface area contributed by atoms with Crippen LogP contribution in [0.1, 0.15) is 50.3 Å². The van der Waals surface area contributed by atoms with Crippen LogP contribution < -0.4 is 10.1 Å². The molecular weight excluding hydrogens is 266 g/mol. The van der Waals surface area contributed by atoms with Gasteiger partial charge in [0.1, 0.15) is 5.75 Å². The SMILES string of the molecule is CCCC(C)NC(=O)C(C)Oc1c(C)cc(CO)cc1C. The molecule has 0 heterocycles. The first kappa shape index (κ1) is 17.5. The Morgan fingerprint density at radius 1 is 1.29 bits per heavy atom. The van der Waals surface area contributed by atoms with Gasteiger partial charge >= 0.3 is 0 Å². The number of amides is 1. The number of aliphatic hydroxyl groups excluding tert-OH is 1. The normalized spacial score (nSPS) is 13.6. The highest BCUT2D eigenvalue weighted by atomic mass is 16.5. The molecule has 1 aromatic rings. The number of hydrogen-bond acceptors (Lipinski definition) is 3. The lowest BCUT2D eigenvalue weighted by Gasteiger charge is -2.21. The Labute approximate surface area is 127 Å². The van der Waals surface area contributed by atoms with Gasteiger partial charge in [-0.25, -0.2) is 0 Å². The van der Waals surface area contributed by atoms with E-state index in [-0.39, 0.29) is 18.6 Å². The molecule has 4 nitrogen and oxygen atoms in total. The van der Waals surface area contributed by atoms with Gasteiger partial charge in [0, 0.05) is 6.04 Å². The van der Waals surface area contributed by atoms with Crippen molar-refractivity contribution in [3.8, 4) is 5.75 Å². The maximum atomic E-state index is 12.1. The number of benzene rings is 1. The molecule has 0 radical (unpaired) electrons. The number of rotatable bonds is 7. The van der Waals surface area contributed by atoms with Crippen LogP contribution in [0.4, 0.5) is 0 Å². The Kier molecular flexibility index (Phi) is 6.69. The topological polar surface area (TPSA) is 58.6 Å². The third kappa shape index (κ3) is 5.05. The number of carbonyl (C=O) groups excluding carboxylic acids is 1. The monoisotopic (exact) mass is 293 g/mol. The summed E-state index contributed by atoms with van der Waals surface area (Å²) >= 11 is 0. The van der Waals surface area contributed by atoms with Crippen molar-refractivity contribution in [1.82, 2.24) is 5.32 Å². The van der Waals surface area contributed by atoms with E-state index in [0.717, 1.165) is 35.3 Å². The smallest absolute Gasteiger partial charge is 0.260 e. The number of aliphatic hydroxyl groups is 1. The average molecular weight is 293 g/mol. The lowest BCUT2D eigenvalue weighted by atomic mass is 10.1. The third-order valence-electron chi connectivity index (χ3n) is 3.48. The first-order chi connectivity index (χ1) is 9.88. The lowest BCUT2D eigenvalue weighted by molar-refractivity contribution is -0.127. The molecule has 4 heteroatoms. The fourth-order valence-corrected chi connectivity index (χ4v) is 2.41. The van der Waals surface area contributed by atoms with Crippen molar-refractivity contribution in [2.45, 2.75) is 66.2 Å². The average Bonchev–Trinajstić information content (AvgIpc) is 2.42. The quantitative estimate of drug-likeness (QED) is 0.812. The van der Waals surface area contributed by atoms with Crippen LogP contribution in [0.25, 0.3) is 0 Å². The van der Waals surface area contributed by atoms with Crippen molar-refractivity contribution in [1.29, 1.82) is 0 Å². The second-order valence-corrected chi connectivity index (χ2v) is 5.68.